The average Bonchev–Trinajstić information content (AvgIpc) is 2.68. The number of nitrogens with one attached hydrogen (secondary N) is 1. The molecule has 1 aromatic rings. The molecule has 0 fully saturated rings. The third-order valence-corrected chi connectivity index (χ3v) is 3.70. The molecule has 0 spiro atoms. The van der Waals surface area contributed by atoms with Gasteiger partial charge in [0.15, 0.2) is 0 Å². The molecule has 1 rings (SSSR count). The van der Waals surface area contributed by atoms with Gasteiger partial charge in [0.05, 0.1) is 0 Å². The highest BCUT2D eigenvalue weighted by atomic mass is 32.1. The van der Waals surface area contributed by atoms with E-state index in [0.29, 0.717) is 6.04 Å². The molecule has 0 bridgehead atoms. The van der Waals surface area contributed by atoms with Gasteiger partial charge in [0.25, 0.3) is 0 Å². The van der Waals surface area contributed by atoms with Gasteiger partial charge >= 0.3 is 0 Å². The van der Waals surface area contributed by atoms with Gasteiger partial charge in [0.2, 0.25) is 0 Å². The van der Waals surface area contributed by atoms with E-state index in [1.807, 2.05) is 11.3 Å². The summed E-state index contributed by atoms with van der Waals surface area (Å²) in [4.78, 5) is 1.50. The monoisotopic (exact) mass is 211 g/mol. The van der Waals surface area contributed by atoms with Gasteiger partial charge in [0, 0.05) is 10.9 Å². The molecule has 2 heteroatoms. The van der Waals surface area contributed by atoms with Gasteiger partial charge in [-0.15, -0.1) is 11.3 Å². The molecule has 80 valence electrons. The molecule has 1 nitrogen and oxygen atoms in total. The van der Waals surface area contributed by atoms with Gasteiger partial charge in [-0.05, 0) is 30.3 Å². The van der Waals surface area contributed by atoms with E-state index in [-0.39, 0.29) is 0 Å². The zero-order chi connectivity index (χ0) is 10.4. The Morgan fingerprint density at radius 2 is 2.21 bits per heavy atom. The molecular weight excluding hydrogens is 190 g/mol. The third kappa shape index (κ3) is 3.43. The Hall–Kier alpha value is -0.340. The SMILES string of the molecule is CCNC(Cc1cccs1)C(C)CC. The highest BCUT2D eigenvalue weighted by Gasteiger charge is 2.15. The first-order chi connectivity index (χ1) is 6.77. The summed E-state index contributed by atoms with van der Waals surface area (Å²) in [6.07, 6.45) is 2.43. The lowest BCUT2D eigenvalue weighted by molar-refractivity contribution is 0.372. The van der Waals surface area contributed by atoms with Crippen LogP contribution in [0.25, 0.3) is 0 Å². The van der Waals surface area contributed by atoms with Crippen LogP contribution in [0.4, 0.5) is 0 Å². The molecule has 1 heterocycles. The van der Waals surface area contributed by atoms with Crippen molar-refractivity contribution in [3.8, 4) is 0 Å². The number of rotatable bonds is 6. The summed E-state index contributed by atoms with van der Waals surface area (Å²) in [5.41, 5.74) is 0. The molecule has 1 N–H and O–H groups in total. The fourth-order valence-corrected chi connectivity index (χ4v) is 2.43. The third-order valence-electron chi connectivity index (χ3n) is 2.80. The summed E-state index contributed by atoms with van der Waals surface area (Å²) in [6.45, 7) is 7.86. The zero-order valence-corrected chi connectivity index (χ0v) is 10.2. The highest BCUT2D eigenvalue weighted by molar-refractivity contribution is 7.09. The number of likely N-dealkylation sites (N-methyl/N-ethyl adjacent to an activating group) is 1. The summed E-state index contributed by atoms with van der Waals surface area (Å²) in [6, 6.07) is 5.01. The predicted molar refractivity (Wildman–Crippen MR) is 64.9 cm³/mol. The van der Waals surface area contributed by atoms with E-state index in [1.54, 1.807) is 0 Å². The van der Waals surface area contributed by atoms with Gasteiger partial charge in [-0.3, -0.25) is 0 Å². The second kappa shape index (κ2) is 6.20. The molecule has 0 aliphatic heterocycles. The zero-order valence-electron chi connectivity index (χ0n) is 9.42. The first-order valence-electron chi connectivity index (χ1n) is 5.53. The summed E-state index contributed by atoms with van der Waals surface area (Å²) < 4.78 is 0. The van der Waals surface area contributed by atoms with E-state index in [2.05, 4.69) is 43.6 Å². The lowest BCUT2D eigenvalue weighted by Crippen LogP contribution is -2.36. The van der Waals surface area contributed by atoms with E-state index in [9.17, 15) is 0 Å². The van der Waals surface area contributed by atoms with Gasteiger partial charge < -0.3 is 5.32 Å². The highest BCUT2D eigenvalue weighted by Crippen LogP contribution is 2.17. The van der Waals surface area contributed by atoms with E-state index >= 15 is 0 Å². The van der Waals surface area contributed by atoms with Crippen molar-refractivity contribution >= 4 is 11.3 Å². The molecule has 0 saturated carbocycles. The van der Waals surface area contributed by atoms with Crippen molar-refractivity contribution in [3.63, 3.8) is 0 Å². The van der Waals surface area contributed by atoms with Crippen LogP contribution in [-0.4, -0.2) is 12.6 Å². The molecule has 14 heavy (non-hydrogen) atoms. The van der Waals surface area contributed by atoms with E-state index in [0.717, 1.165) is 12.5 Å². The van der Waals surface area contributed by atoms with E-state index in [1.165, 1.54) is 17.7 Å². The van der Waals surface area contributed by atoms with Crippen LogP contribution >= 0.6 is 11.3 Å². The molecule has 0 saturated heterocycles. The second-order valence-corrected chi connectivity index (χ2v) is 4.87. The first kappa shape index (κ1) is 11.7. The number of hydrogen-bond donors (Lipinski definition) is 1. The van der Waals surface area contributed by atoms with Crippen molar-refractivity contribution in [3.05, 3.63) is 22.4 Å². The van der Waals surface area contributed by atoms with Crippen LogP contribution in [0.1, 0.15) is 32.1 Å². The van der Waals surface area contributed by atoms with Crippen LogP contribution in [0.15, 0.2) is 17.5 Å². The maximum Gasteiger partial charge on any atom is 0.0141 e. The Kier molecular flexibility index (Phi) is 5.20. The molecule has 0 aliphatic carbocycles. The van der Waals surface area contributed by atoms with Crippen molar-refractivity contribution in [1.29, 1.82) is 0 Å². The van der Waals surface area contributed by atoms with Crippen molar-refractivity contribution in [1.82, 2.24) is 5.32 Å². The molecule has 0 amide bonds. The van der Waals surface area contributed by atoms with Crippen LogP contribution in [-0.2, 0) is 6.42 Å². The summed E-state index contributed by atoms with van der Waals surface area (Å²) >= 11 is 1.87. The summed E-state index contributed by atoms with van der Waals surface area (Å²) in [5, 5.41) is 5.74. The predicted octanol–water partition coefficient (Wildman–Crippen LogP) is 3.31. The topological polar surface area (TPSA) is 12.0 Å². The average molecular weight is 211 g/mol. The molecule has 0 aromatic carbocycles. The maximum atomic E-state index is 3.58. The quantitative estimate of drug-likeness (QED) is 0.761. The number of thiophene rings is 1. The van der Waals surface area contributed by atoms with Crippen molar-refractivity contribution in [2.75, 3.05) is 6.54 Å². The number of hydrogen-bond acceptors (Lipinski definition) is 2. The van der Waals surface area contributed by atoms with Crippen molar-refractivity contribution < 1.29 is 0 Å². The Morgan fingerprint density at radius 1 is 1.43 bits per heavy atom. The van der Waals surface area contributed by atoms with Crippen LogP contribution in [0.2, 0.25) is 0 Å². The van der Waals surface area contributed by atoms with Crippen molar-refractivity contribution in [2.45, 2.75) is 39.7 Å². The van der Waals surface area contributed by atoms with Crippen LogP contribution in [0, 0.1) is 5.92 Å². The van der Waals surface area contributed by atoms with Crippen LogP contribution in [0.5, 0.6) is 0 Å². The Labute approximate surface area is 91.5 Å². The van der Waals surface area contributed by atoms with Crippen molar-refractivity contribution in [2.24, 2.45) is 5.92 Å². The largest absolute Gasteiger partial charge is 0.314 e. The molecule has 2 atom stereocenters. The minimum absolute atomic E-state index is 0.642. The van der Waals surface area contributed by atoms with Gasteiger partial charge in [-0.25, -0.2) is 0 Å². The lowest BCUT2D eigenvalue weighted by atomic mass is 9.96. The van der Waals surface area contributed by atoms with Gasteiger partial charge in [0.1, 0.15) is 0 Å². The fraction of sp³-hybridized carbons (Fsp3) is 0.667. The molecule has 0 radical (unpaired) electrons. The van der Waals surface area contributed by atoms with Gasteiger partial charge in [-0.1, -0.05) is 33.3 Å². The Morgan fingerprint density at radius 3 is 2.71 bits per heavy atom. The lowest BCUT2D eigenvalue weighted by Gasteiger charge is -2.23. The first-order valence-corrected chi connectivity index (χ1v) is 6.41. The van der Waals surface area contributed by atoms with E-state index < -0.39 is 0 Å². The second-order valence-electron chi connectivity index (χ2n) is 3.83. The Bertz CT molecular complexity index is 230. The summed E-state index contributed by atoms with van der Waals surface area (Å²) in [5.74, 6) is 0.761. The normalized spacial score (nSPS) is 15.4. The van der Waals surface area contributed by atoms with Crippen LogP contribution in [0.3, 0.4) is 0 Å². The molecular formula is C12H21NS. The fourth-order valence-electron chi connectivity index (χ4n) is 1.67. The smallest absolute Gasteiger partial charge is 0.0141 e. The van der Waals surface area contributed by atoms with Gasteiger partial charge in [-0.2, -0.15) is 0 Å². The maximum absolute atomic E-state index is 3.58. The standard InChI is InChI=1S/C12H21NS/c1-4-10(3)12(13-5-2)9-11-7-6-8-14-11/h6-8,10,12-13H,4-5,9H2,1-3H3. The molecule has 2 unspecified atom stereocenters. The summed E-state index contributed by atoms with van der Waals surface area (Å²) in [7, 11) is 0. The molecule has 0 aliphatic rings. The Balaban J connectivity index is 2.50. The van der Waals surface area contributed by atoms with E-state index in [4.69, 9.17) is 0 Å². The molecule has 1 aromatic heterocycles. The minimum Gasteiger partial charge on any atom is -0.314 e. The minimum atomic E-state index is 0.642. The van der Waals surface area contributed by atoms with Crippen LogP contribution < -0.4 is 5.32 Å².